The van der Waals surface area contributed by atoms with Crippen LogP contribution >= 0.6 is 0 Å². The number of nitrogens with one attached hydrogen (secondary N) is 2. The van der Waals surface area contributed by atoms with Gasteiger partial charge in [0, 0.05) is 19.3 Å². The van der Waals surface area contributed by atoms with E-state index in [0.29, 0.717) is 12.2 Å². The van der Waals surface area contributed by atoms with Gasteiger partial charge >= 0.3 is 0 Å². The lowest BCUT2D eigenvalue weighted by atomic mass is 10.3. The van der Waals surface area contributed by atoms with Crippen LogP contribution in [0.4, 0.5) is 0 Å². The van der Waals surface area contributed by atoms with Crippen molar-refractivity contribution in [3.05, 3.63) is 24.0 Å². The van der Waals surface area contributed by atoms with Gasteiger partial charge in [-0.1, -0.05) is 0 Å². The number of nitrogens with zero attached hydrogens (tertiary/aromatic N) is 1. The van der Waals surface area contributed by atoms with E-state index in [1.165, 1.54) is 25.3 Å². The van der Waals surface area contributed by atoms with Crippen molar-refractivity contribution in [2.24, 2.45) is 5.73 Å². The molecule has 0 radical (unpaired) electrons. The normalized spacial score (nSPS) is 13.0. The summed E-state index contributed by atoms with van der Waals surface area (Å²) in [4.78, 5) is 15.4. The Kier molecular flexibility index (Phi) is 5.40. The van der Waals surface area contributed by atoms with Gasteiger partial charge in [-0.05, 0) is 26.0 Å². The van der Waals surface area contributed by atoms with Crippen LogP contribution in [0.2, 0.25) is 0 Å². The maximum atomic E-state index is 12.0. The maximum Gasteiger partial charge on any atom is 0.242 e. The average Bonchev–Trinajstić information content (AvgIpc) is 2.38. The molecule has 1 heterocycles. The molecular formula is C11H18N4O3S. The predicted molar refractivity (Wildman–Crippen MR) is 70.6 cm³/mol. The zero-order chi connectivity index (χ0) is 14.5. The van der Waals surface area contributed by atoms with Crippen molar-refractivity contribution < 1.29 is 13.2 Å². The van der Waals surface area contributed by atoms with Crippen LogP contribution in [0.3, 0.4) is 0 Å². The summed E-state index contributed by atoms with van der Waals surface area (Å²) >= 11 is 0. The molecule has 0 aliphatic carbocycles. The fourth-order valence-corrected chi connectivity index (χ4v) is 2.52. The van der Waals surface area contributed by atoms with Crippen LogP contribution in [0.1, 0.15) is 19.5 Å². The molecule has 0 spiro atoms. The molecule has 1 amide bonds. The number of hydrogen-bond donors (Lipinski definition) is 3. The first-order chi connectivity index (χ1) is 8.90. The van der Waals surface area contributed by atoms with Crippen LogP contribution in [0.15, 0.2) is 23.2 Å². The van der Waals surface area contributed by atoms with Gasteiger partial charge in [0.05, 0.1) is 11.7 Å². The quantitative estimate of drug-likeness (QED) is 0.642. The van der Waals surface area contributed by atoms with E-state index < -0.39 is 16.1 Å². The van der Waals surface area contributed by atoms with Crippen molar-refractivity contribution in [1.82, 2.24) is 15.0 Å². The maximum absolute atomic E-state index is 12.0. The van der Waals surface area contributed by atoms with Crippen molar-refractivity contribution in [2.75, 3.05) is 6.54 Å². The lowest BCUT2D eigenvalue weighted by Crippen LogP contribution is -2.44. The number of likely N-dealkylation sites (N-methyl/N-ethyl adjacent to an activating group) is 1. The summed E-state index contributed by atoms with van der Waals surface area (Å²) < 4.78 is 26.3. The van der Waals surface area contributed by atoms with Crippen molar-refractivity contribution in [1.29, 1.82) is 0 Å². The smallest absolute Gasteiger partial charge is 0.242 e. The number of pyridine rings is 1. The second kappa shape index (κ2) is 6.60. The fraction of sp³-hybridized carbons (Fsp3) is 0.455. The Morgan fingerprint density at radius 1 is 1.47 bits per heavy atom. The Morgan fingerprint density at radius 3 is 2.63 bits per heavy atom. The zero-order valence-electron chi connectivity index (χ0n) is 10.9. The Balaban J connectivity index is 2.82. The first kappa shape index (κ1) is 15.5. The van der Waals surface area contributed by atoms with E-state index in [9.17, 15) is 13.2 Å². The number of rotatable bonds is 6. The molecular weight excluding hydrogens is 268 g/mol. The van der Waals surface area contributed by atoms with Crippen LogP contribution in [0.25, 0.3) is 0 Å². The minimum absolute atomic E-state index is 0.000786. The molecule has 0 saturated carbocycles. The first-order valence-corrected chi connectivity index (χ1v) is 7.34. The molecule has 0 aliphatic heterocycles. The standard InChI is InChI=1S/C11H18N4O3S/c1-3-13-11(16)8(2)15-19(17,18)10-5-4-9(6-12)14-7-10/h4-5,7-8,15H,3,6,12H2,1-2H3,(H,13,16). The largest absolute Gasteiger partial charge is 0.355 e. The molecule has 1 aromatic rings. The van der Waals surface area contributed by atoms with Gasteiger partial charge in [0.2, 0.25) is 15.9 Å². The summed E-state index contributed by atoms with van der Waals surface area (Å²) in [6.07, 6.45) is 1.22. The third kappa shape index (κ3) is 4.27. The van der Waals surface area contributed by atoms with Gasteiger partial charge in [0.15, 0.2) is 0 Å². The van der Waals surface area contributed by atoms with E-state index in [0.717, 1.165) is 0 Å². The van der Waals surface area contributed by atoms with Gasteiger partial charge < -0.3 is 11.1 Å². The summed E-state index contributed by atoms with van der Waals surface area (Å²) in [5.74, 6) is -0.377. The first-order valence-electron chi connectivity index (χ1n) is 5.85. The minimum Gasteiger partial charge on any atom is -0.355 e. The molecule has 0 aromatic carbocycles. The highest BCUT2D eigenvalue weighted by atomic mass is 32.2. The number of aromatic nitrogens is 1. The third-order valence-electron chi connectivity index (χ3n) is 2.39. The van der Waals surface area contributed by atoms with Gasteiger partial charge in [-0.15, -0.1) is 0 Å². The molecule has 8 heteroatoms. The highest BCUT2D eigenvalue weighted by Gasteiger charge is 2.21. The van der Waals surface area contributed by atoms with E-state index in [1.54, 1.807) is 6.92 Å². The minimum atomic E-state index is -3.76. The summed E-state index contributed by atoms with van der Waals surface area (Å²) in [6, 6.07) is 2.09. The number of carbonyl (C=O) groups excluding carboxylic acids is 1. The van der Waals surface area contributed by atoms with Gasteiger partial charge in [0.25, 0.3) is 0 Å². The molecule has 1 rings (SSSR count). The molecule has 1 aromatic heterocycles. The number of carbonyl (C=O) groups is 1. The molecule has 0 fully saturated rings. The predicted octanol–water partition coefficient (Wildman–Crippen LogP) is -0.657. The Morgan fingerprint density at radius 2 is 2.16 bits per heavy atom. The highest BCUT2D eigenvalue weighted by molar-refractivity contribution is 7.89. The summed E-state index contributed by atoms with van der Waals surface area (Å²) in [7, 11) is -3.76. The van der Waals surface area contributed by atoms with E-state index in [2.05, 4.69) is 15.0 Å². The number of sulfonamides is 1. The van der Waals surface area contributed by atoms with Crippen LogP contribution in [-0.2, 0) is 21.4 Å². The van der Waals surface area contributed by atoms with Crippen molar-refractivity contribution >= 4 is 15.9 Å². The van der Waals surface area contributed by atoms with E-state index in [1.807, 2.05) is 0 Å². The molecule has 1 atom stereocenters. The molecule has 0 saturated heterocycles. The number of amides is 1. The topological polar surface area (TPSA) is 114 Å². The second-order valence-electron chi connectivity index (χ2n) is 3.93. The van der Waals surface area contributed by atoms with Gasteiger partial charge in [-0.2, -0.15) is 4.72 Å². The van der Waals surface area contributed by atoms with Crippen LogP contribution in [0.5, 0.6) is 0 Å². The molecule has 4 N–H and O–H groups in total. The fourth-order valence-electron chi connectivity index (χ4n) is 1.37. The molecule has 1 unspecified atom stereocenters. The van der Waals surface area contributed by atoms with E-state index >= 15 is 0 Å². The van der Waals surface area contributed by atoms with Crippen LogP contribution in [-0.4, -0.2) is 31.9 Å². The molecule has 0 aliphatic rings. The third-order valence-corrected chi connectivity index (χ3v) is 3.92. The Labute approximate surface area is 112 Å². The lowest BCUT2D eigenvalue weighted by molar-refractivity contribution is -0.122. The Bertz CT molecular complexity index is 527. The van der Waals surface area contributed by atoms with E-state index in [4.69, 9.17) is 5.73 Å². The summed E-state index contributed by atoms with van der Waals surface area (Å²) in [5, 5.41) is 2.54. The second-order valence-corrected chi connectivity index (χ2v) is 5.64. The molecule has 7 nitrogen and oxygen atoms in total. The lowest BCUT2D eigenvalue weighted by Gasteiger charge is -2.13. The van der Waals surface area contributed by atoms with Gasteiger partial charge in [-0.25, -0.2) is 8.42 Å². The Hall–Kier alpha value is -1.51. The molecule has 19 heavy (non-hydrogen) atoms. The van der Waals surface area contributed by atoms with Gasteiger partial charge in [0.1, 0.15) is 4.90 Å². The molecule has 0 bridgehead atoms. The average molecular weight is 286 g/mol. The molecule has 106 valence electrons. The van der Waals surface area contributed by atoms with Crippen LogP contribution < -0.4 is 15.8 Å². The van der Waals surface area contributed by atoms with E-state index in [-0.39, 0.29) is 17.3 Å². The summed E-state index contributed by atoms with van der Waals surface area (Å²) in [5.41, 5.74) is 5.98. The van der Waals surface area contributed by atoms with Crippen LogP contribution in [0, 0.1) is 0 Å². The SMILES string of the molecule is CCNC(=O)C(C)NS(=O)(=O)c1ccc(CN)nc1. The zero-order valence-corrected chi connectivity index (χ0v) is 11.7. The highest BCUT2D eigenvalue weighted by Crippen LogP contribution is 2.08. The number of nitrogens with two attached hydrogens (primary N) is 1. The van der Waals surface area contributed by atoms with Crippen molar-refractivity contribution in [3.8, 4) is 0 Å². The van der Waals surface area contributed by atoms with Crippen molar-refractivity contribution in [2.45, 2.75) is 31.3 Å². The monoisotopic (exact) mass is 286 g/mol. The van der Waals surface area contributed by atoms with Gasteiger partial charge in [-0.3, -0.25) is 9.78 Å². The summed E-state index contributed by atoms with van der Waals surface area (Å²) in [6.45, 7) is 3.92. The van der Waals surface area contributed by atoms with Crippen molar-refractivity contribution in [3.63, 3.8) is 0 Å². The number of hydrogen-bond acceptors (Lipinski definition) is 5.